The molecule has 1 aromatic heterocycles. The minimum Gasteiger partial charge on any atom is -0.478 e. The maximum Gasteiger partial charge on any atom is 0.213 e. The second-order valence-corrected chi connectivity index (χ2v) is 8.06. The van der Waals surface area contributed by atoms with E-state index < -0.39 is 27.0 Å². The lowest BCUT2D eigenvalue weighted by molar-refractivity contribution is -0.125. The highest BCUT2D eigenvalue weighted by atomic mass is 32.2. The van der Waals surface area contributed by atoms with Gasteiger partial charge in [-0.25, -0.2) is 12.8 Å². The topological polar surface area (TPSA) is 73.6 Å². The molecule has 0 saturated carbocycles. The van der Waals surface area contributed by atoms with E-state index in [0.29, 0.717) is 5.56 Å². The zero-order chi connectivity index (χ0) is 17.7. The van der Waals surface area contributed by atoms with Gasteiger partial charge in [-0.3, -0.25) is 4.79 Å². The number of benzene rings is 1. The van der Waals surface area contributed by atoms with E-state index in [1.54, 1.807) is 13.8 Å². The molecule has 0 radical (unpaired) electrons. The number of Topliss-reactive ketones (excluding diaryl/α,β-unsaturated/α-hetero) is 1. The molecule has 1 aromatic carbocycles. The van der Waals surface area contributed by atoms with Crippen molar-refractivity contribution in [3.63, 3.8) is 0 Å². The normalized spacial score (nSPS) is 17.2. The predicted octanol–water partition coefficient (Wildman–Crippen LogP) is 3.07. The van der Waals surface area contributed by atoms with Crippen molar-refractivity contribution in [3.05, 3.63) is 53.7 Å². The summed E-state index contributed by atoms with van der Waals surface area (Å²) in [5.41, 5.74) is -0.693. The molecule has 3 rings (SSSR count). The maximum absolute atomic E-state index is 13.9. The number of hydrogen-bond donors (Lipinski definition) is 0. The zero-order valence-electron chi connectivity index (χ0n) is 13.3. The van der Waals surface area contributed by atoms with Crippen LogP contribution in [0.15, 0.2) is 45.9 Å². The summed E-state index contributed by atoms with van der Waals surface area (Å²) in [5.74, 6) is -1.09. The smallest absolute Gasteiger partial charge is 0.213 e. The van der Waals surface area contributed by atoms with Crippen molar-refractivity contribution in [3.8, 4) is 0 Å². The van der Waals surface area contributed by atoms with Crippen LogP contribution in [0.25, 0.3) is 11.3 Å². The first kappa shape index (κ1) is 16.4. The van der Waals surface area contributed by atoms with Crippen LogP contribution >= 0.6 is 0 Å². The average Bonchev–Trinajstić information content (AvgIpc) is 3.00. The summed E-state index contributed by atoms with van der Waals surface area (Å²) in [6, 6.07) is 6.97. The lowest BCUT2D eigenvalue weighted by Gasteiger charge is -2.17. The van der Waals surface area contributed by atoms with Gasteiger partial charge in [0.1, 0.15) is 11.3 Å². The molecule has 0 atom stereocenters. The van der Waals surface area contributed by atoms with Crippen molar-refractivity contribution in [2.75, 3.05) is 6.26 Å². The number of halogens is 1. The number of sulfone groups is 1. The number of carbonyl (C=O) groups excluding carboxylic acids is 1. The first-order chi connectivity index (χ1) is 11.1. The summed E-state index contributed by atoms with van der Waals surface area (Å²) >= 11 is 0. The van der Waals surface area contributed by atoms with Crippen LogP contribution in [-0.2, 0) is 19.4 Å². The first-order valence-electron chi connectivity index (χ1n) is 7.13. The lowest BCUT2D eigenvalue weighted by Crippen LogP contribution is -2.29. The third-order valence-corrected chi connectivity index (χ3v) is 4.88. The molecule has 7 heteroatoms. The number of hydrogen-bond acceptors (Lipinski definition) is 5. The van der Waals surface area contributed by atoms with Crippen molar-refractivity contribution in [1.82, 2.24) is 0 Å². The van der Waals surface area contributed by atoms with Crippen LogP contribution in [0.2, 0.25) is 0 Å². The molecular weight excluding hydrogens is 335 g/mol. The van der Waals surface area contributed by atoms with Crippen molar-refractivity contribution in [2.45, 2.75) is 24.3 Å². The molecule has 1 aliphatic heterocycles. The summed E-state index contributed by atoms with van der Waals surface area (Å²) < 4.78 is 47.9. The maximum atomic E-state index is 13.9. The molecule has 1 aliphatic rings. The van der Waals surface area contributed by atoms with Gasteiger partial charge in [-0.05, 0) is 38.1 Å². The van der Waals surface area contributed by atoms with Gasteiger partial charge in [-0.15, -0.1) is 0 Å². The lowest BCUT2D eigenvalue weighted by atomic mass is 9.96. The number of ether oxygens (including phenoxy) is 1. The largest absolute Gasteiger partial charge is 0.478 e. The standard InChI is InChI=1S/C17H15FO5S/c1-17(2)16(19)13(15-12(18)8-9-22-15)14(23-17)10-4-6-11(7-5-10)24(3,20)21/h4-9H,1-3H3. The second kappa shape index (κ2) is 5.31. The fourth-order valence-electron chi connectivity index (χ4n) is 2.49. The average molecular weight is 350 g/mol. The van der Waals surface area contributed by atoms with Crippen molar-refractivity contribution < 1.29 is 26.8 Å². The molecule has 0 saturated heterocycles. The van der Waals surface area contributed by atoms with Crippen LogP contribution in [0, 0.1) is 5.82 Å². The Morgan fingerprint density at radius 3 is 2.21 bits per heavy atom. The fourth-order valence-corrected chi connectivity index (χ4v) is 3.12. The highest BCUT2D eigenvalue weighted by Gasteiger charge is 2.44. The first-order valence-corrected chi connectivity index (χ1v) is 9.02. The molecule has 0 N–H and O–H groups in total. The number of furan rings is 1. The molecule has 126 valence electrons. The van der Waals surface area contributed by atoms with Gasteiger partial charge in [-0.1, -0.05) is 0 Å². The third-order valence-electron chi connectivity index (χ3n) is 3.75. The summed E-state index contributed by atoms with van der Waals surface area (Å²) in [7, 11) is -3.34. The summed E-state index contributed by atoms with van der Waals surface area (Å²) in [5, 5.41) is 0. The quantitative estimate of drug-likeness (QED) is 0.850. The highest BCUT2D eigenvalue weighted by molar-refractivity contribution is 7.90. The zero-order valence-corrected chi connectivity index (χ0v) is 14.1. The fraction of sp³-hybridized carbons (Fsp3) is 0.235. The van der Waals surface area contributed by atoms with Crippen molar-refractivity contribution in [1.29, 1.82) is 0 Å². The minimum absolute atomic E-state index is 0.00889. The van der Waals surface area contributed by atoms with E-state index in [4.69, 9.17) is 9.15 Å². The van der Waals surface area contributed by atoms with Crippen molar-refractivity contribution in [2.24, 2.45) is 0 Å². The summed E-state index contributed by atoms with van der Waals surface area (Å²) in [6.07, 6.45) is 2.25. The Kier molecular flexibility index (Phi) is 3.64. The molecule has 0 bridgehead atoms. The van der Waals surface area contributed by atoms with Crippen LogP contribution < -0.4 is 0 Å². The van der Waals surface area contributed by atoms with Gasteiger partial charge in [0.05, 0.1) is 11.2 Å². The van der Waals surface area contributed by atoms with Gasteiger partial charge in [0, 0.05) is 17.9 Å². The third kappa shape index (κ3) is 2.65. The summed E-state index contributed by atoms with van der Waals surface area (Å²) in [4.78, 5) is 12.7. The molecule has 0 unspecified atom stereocenters. The van der Waals surface area contributed by atoms with Gasteiger partial charge >= 0.3 is 0 Å². The predicted molar refractivity (Wildman–Crippen MR) is 85.2 cm³/mol. The molecule has 2 heterocycles. The van der Waals surface area contributed by atoms with E-state index in [1.807, 2.05) is 0 Å². The molecule has 0 fully saturated rings. The monoisotopic (exact) mass is 350 g/mol. The number of carbonyl (C=O) groups is 1. The Balaban J connectivity index is 2.17. The van der Waals surface area contributed by atoms with Crippen LogP contribution in [0.3, 0.4) is 0 Å². The van der Waals surface area contributed by atoms with E-state index in [2.05, 4.69) is 0 Å². The van der Waals surface area contributed by atoms with E-state index >= 15 is 0 Å². The van der Waals surface area contributed by atoms with Crippen LogP contribution in [0.5, 0.6) is 0 Å². The van der Waals surface area contributed by atoms with E-state index in [0.717, 1.165) is 18.6 Å². The Morgan fingerprint density at radius 2 is 1.71 bits per heavy atom. The van der Waals surface area contributed by atoms with Gasteiger partial charge in [0.15, 0.2) is 27.0 Å². The van der Waals surface area contributed by atoms with Gasteiger partial charge in [-0.2, -0.15) is 0 Å². The van der Waals surface area contributed by atoms with Crippen LogP contribution in [0.1, 0.15) is 25.2 Å². The molecular formula is C17H15FO5S. The molecule has 2 aromatic rings. The second-order valence-electron chi connectivity index (χ2n) is 6.04. The summed E-state index contributed by atoms with van der Waals surface area (Å²) in [6.45, 7) is 3.15. The SMILES string of the molecule is CC1(C)OC(c2ccc(S(C)(=O)=O)cc2)=C(c2occc2F)C1=O. The molecule has 0 amide bonds. The molecule has 5 nitrogen and oxygen atoms in total. The van der Waals surface area contributed by atoms with Crippen LogP contribution in [-0.4, -0.2) is 26.1 Å². The highest BCUT2D eigenvalue weighted by Crippen LogP contribution is 2.42. The Bertz CT molecular complexity index is 949. The minimum atomic E-state index is -3.34. The van der Waals surface area contributed by atoms with E-state index in [1.165, 1.54) is 24.3 Å². The molecule has 0 aliphatic carbocycles. The van der Waals surface area contributed by atoms with E-state index in [9.17, 15) is 17.6 Å². The number of rotatable bonds is 3. The Labute approximate surface area is 138 Å². The molecule has 24 heavy (non-hydrogen) atoms. The van der Waals surface area contributed by atoms with Gasteiger partial charge in [0.25, 0.3) is 0 Å². The van der Waals surface area contributed by atoms with E-state index in [-0.39, 0.29) is 22.0 Å². The Morgan fingerprint density at radius 1 is 1.08 bits per heavy atom. The molecule has 0 spiro atoms. The number of ketones is 1. The van der Waals surface area contributed by atoms with Gasteiger partial charge in [0.2, 0.25) is 5.78 Å². The van der Waals surface area contributed by atoms with Crippen LogP contribution in [0.4, 0.5) is 4.39 Å². The Hall–Kier alpha value is -2.41. The van der Waals surface area contributed by atoms with Crippen molar-refractivity contribution >= 4 is 27.0 Å². The van der Waals surface area contributed by atoms with Gasteiger partial charge < -0.3 is 9.15 Å².